The molecular formula is C10H9ClFN. The van der Waals surface area contributed by atoms with E-state index in [1.165, 1.54) is 12.1 Å². The number of hydrogen-bond donors (Lipinski definition) is 1. The van der Waals surface area contributed by atoms with Crippen LogP contribution in [0.3, 0.4) is 0 Å². The van der Waals surface area contributed by atoms with E-state index in [1.54, 1.807) is 13.1 Å². The summed E-state index contributed by atoms with van der Waals surface area (Å²) in [5, 5.41) is 2.99. The van der Waals surface area contributed by atoms with E-state index in [9.17, 15) is 4.39 Å². The molecule has 0 heterocycles. The lowest BCUT2D eigenvalue weighted by Gasteiger charge is -1.93. The molecule has 13 heavy (non-hydrogen) atoms. The second-order valence-electron chi connectivity index (χ2n) is 2.46. The molecule has 0 saturated heterocycles. The van der Waals surface area contributed by atoms with Crippen molar-refractivity contribution >= 4 is 11.6 Å². The first kappa shape index (κ1) is 10.0. The van der Waals surface area contributed by atoms with Crippen molar-refractivity contribution in [3.63, 3.8) is 0 Å². The second-order valence-corrected chi connectivity index (χ2v) is 2.87. The van der Waals surface area contributed by atoms with Crippen molar-refractivity contribution in [3.05, 3.63) is 34.6 Å². The summed E-state index contributed by atoms with van der Waals surface area (Å²) in [5.74, 6) is 5.20. The molecule has 0 aromatic heterocycles. The third-order valence-corrected chi connectivity index (χ3v) is 1.72. The Morgan fingerprint density at radius 2 is 2.31 bits per heavy atom. The molecule has 0 aliphatic heterocycles. The standard InChI is InChI=1S/C10H9ClFN/c1-13-6-2-3-8-4-5-9(11)10(12)7-8/h4-5,7,13H,6H2,1H3. The highest BCUT2D eigenvalue weighted by Gasteiger charge is 1.97. The molecule has 0 fully saturated rings. The van der Waals surface area contributed by atoms with Gasteiger partial charge < -0.3 is 5.32 Å². The first-order chi connectivity index (χ1) is 6.24. The highest BCUT2D eigenvalue weighted by molar-refractivity contribution is 6.30. The van der Waals surface area contributed by atoms with Crippen molar-refractivity contribution in [1.29, 1.82) is 0 Å². The van der Waals surface area contributed by atoms with Crippen molar-refractivity contribution in [1.82, 2.24) is 5.32 Å². The van der Waals surface area contributed by atoms with Gasteiger partial charge in [0.2, 0.25) is 0 Å². The zero-order valence-corrected chi connectivity index (χ0v) is 7.95. The molecule has 1 N–H and O–H groups in total. The number of nitrogens with one attached hydrogen (secondary N) is 1. The summed E-state index contributed by atoms with van der Waals surface area (Å²) in [6.07, 6.45) is 0. The van der Waals surface area contributed by atoms with E-state index in [0.717, 1.165) is 0 Å². The monoisotopic (exact) mass is 197 g/mol. The Hall–Kier alpha value is -1.04. The molecule has 68 valence electrons. The minimum Gasteiger partial charge on any atom is -0.309 e. The lowest BCUT2D eigenvalue weighted by Crippen LogP contribution is -2.04. The van der Waals surface area contributed by atoms with Gasteiger partial charge in [0, 0.05) is 5.56 Å². The van der Waals surface area contributed by atoms with Gasteiger partial charge in [-0.25, -0.2) is 4.39 Å². The minimum absolute atomic E-state index is 0.124. The van der Waals surface area contributed by atoms with Gasteiger partial charge in [-0.1, -0.05) is 23.4 Å². The van der Waals surface area contributed by atoms with E-state index < -0.39 is 5.82 Å². The van der Waals surface area contributed by atoms with Crippen LogP contribution < -0.4 is 5.32 Å². The van der Waals surface area contributed by atoms with E-state index in [0.29, 0.717) is 12.1 Å². The fourth-order valence-corrected chi connectivity index (χ4v) is 0.926. The van der Waals surface area contributed by atoms with Gasteiger partial charge in [-0.2, -0.15) is 0 Å². The van der Waals surface area contributed by atoms with Gasteiger partial charge in [0.1, 0.15) is 5.82 Å². The van der Waals surface area contributed by atoms with Crippen LogP contribution in [0.15, 0.2) is 18.2 Å². The van der Waals surface area contributed by atoms with Crippen LogP contribution in [-0.2, 0) is 0 Å². The molecule has 0 aliphatic rings. The number of halogens is 2. The van der Waals surface area contributed by atoms with Gasteiger partial charge in [-0.3, -0.25) is 0 Å². The Bertz CT molecular complexity index is 352. The zero-order chi connectivity index (χ0) is 9.68. The number of benzene rings is 1. The number of hydrogen-bond acceptors (Lipinski definition) is 1. The molecule has 3 heteroatoms. The Labute approximate surface area is 81.9 Å². The summed E-state index contributed by atoms with van der Waals surface area (Å²) in [7, 11) is 1.80. The Morgan fingerprint density at radius 3 is 2.92 bits per heavy atom. The van der Waals surface area contributed by atoms with Gasteiger partial charge in [-0.05, 0) is 25.2 Å². The minimum atomic E-state index is -0.432. The van der Waals surface area contributed by atoms with E-state index in [1.807, 2.05) is 0 Å². The van der Waals surface area contributed by atoms with E-state index in [2.05, 4.69) is 17.2 Å². The molecular weight excluding hydrogens is 189 g/mol. The molecule has 0 amide bonds. The first-order valence-electron chi connectivity index (χ1n) is 3.82. The summed E-state index contributed by atoms with van der Waals surface area (Å²) in [6, 6.07) is 4.51. The average Bonchev–Trinajstić information content (AvgIpc) is 2.12. The molecule has 1 nitrogen and oxygen atoms in total. The molecule has 1 aromatic rings. The summed E-state index contributed by atoms with van der Waals surface area (Å²) < 4.78 is 12.9. The van der Waals surface area contributed by atoms with E-state index in [4.69, 9.17) is 11.6 Å². The van der Waals surface area contributed by atoms with Crippen LogP contribution in [0, 0.1) is 17.7 Å². The van der Waals surface area contributed by atoms with Crippen LogP contribution in [0.25, 0.3) is 0 Å². The molecule has 0 saturated carbocycles. The lowest BCUT2D eigenvalue weighted by atomic mass is 10.2. The fraction of sp³-hybridized carbons (Fsp3) is 0.200. The summed E-state index contributed by atoms with van der Waals surface area (Å²) in [5.41, 5.74) is 0.636. The quantitative estimate of drug-likeness (QED) is 0.680. The maximum Gasteiger partial charge on any atom is 0.143 e. The molecule has 0 unspecified atom stereocenters. The average molecular weight is 198 g/mol. The maximum absolute atomic E-state index is 12.9. The Balaban J connectivity index is 2.81. The van der Waals surface area contributed by atoms with E-state index >= 15 is 0 Å². The predicted octanol–water partition coefficient (Wildman–Crippen LogP) is 2.05. The van der Waals surface area contributed by atoms with Gasteiger partial charge in [0.15, 0.2) is 0 Å². The van der Waals surface area contributed by atoms with Crippen LogP contribution in [-0.4, -0.2) is 13.6 Å². The predicted molar refractivity (Wildman–Crippen MR) is 52.2 cm³/mol. The molecule has 1 rings (SSSR count). The molecule has 0 radical (unpaired) electrons. The van der Waals surface area contributed by atoms with Gasteiger partial charge in [0.05, 0.1) is 11.6 Å². The molecule has 0 spiro atoms. The molecule has 1 aromatic carbocycles. The third-order valence-electron chi connectivity index (χ3n) is 1.42. The van der Waals surface area contributed by atoms with Crippen LogP contribution in [0.1, 0.15) is 5.56 Å². The SMILES string of the molecule is CNCC#Cc1ccc(Cl)c(F)c1. The van der Waals surface area contributed by atoms with Crippen molar-refractivity contribution in [2.75, 3.05) is 13.6 Å². The normalized spacial score (nSPS) is 9.15. The van der Waals surface area contributed by atoms with Crippen molar-refractivity contribution < 1.29 is 4.39 Å². The Morgan fingerprint density at radius 1 is 1.54 bits per heavy atom. The maximum atomic E-state index is 12.9. The van der Waals surface area contributed by atoms with Gasteiger partial charge in [0.25, 0.3) is 0 Å². The summed E-state index contributed by atoms with van der Waals surface area (Å²) >= 11 is 5.51. The lowest BCUT2D eigenvalue weighted by molar-refractivity contribution is 0.628. The third kappa shape index (κ3) is 3.06. The summed E-state index contributed by atoms with van der Waals surface area (Å²) in [6.45, 7) is 0.588. The topological polar surface area (TPSA) is 12.0 Å². The van der Waals surface area contributed by atoms with Crippen LogP contribution in [0.4, 0.5) is 4.39 Å². The smallest absolute Gasteiger partial charge is 0.143 e. The van der Waals surface area contributed by atoms with Crippen molar-refractivity contribution in [3.8, 4) is 11.8 Å². The Kier molecular flexibility index (Phi) is 3.75. The number of rotatable bonds is 1. The molecule has 0 bridgehead atoms. The van der Waals surface area contributed by atoms with Crippen molar-refractivity contribution in [2.24, 2.45) is 0 Å². The summed E-state index contributed by atoms with van der Waals surface area (Å²) in [4.78, 5) is 0. The molecule has 0 atom stereocenters. The van der Waals surface area contributed by atoms with Crippen LogP contribution in [0.5, 0.6) is 0 Å². The fourth-order valence-electron chi connectivity index (χ4n) is 0.809. The largest absolute Gasteiger partial charge is 0.309 e. The van der Waals surface area contributed by atoms with Crippen LogP contribution >= 0.6 is 11.6 Å². The zero-order valence-electron chi connectivity index (χ0n) is 7.20. The van der Waals surface area contributed by atoms with Crippen LogP contribution in [0.2, 0.25) is 5.02 Å². The molecule has 0 aliphatic carbocycles. The van der Waals surface area contributed by atoms with Gasteiger partial charge in [-0.15, -0.1) is 0 Å². The highest BCUT2D eigenvalue weighted by atomic mass is 35.5. The highest BCUT2D eigenvalue weighted by Crippen LogP contribution is 2.14. The van der Waals surface area contributed by atoms with E-state index in [-0.39, 0.29) is 5.02 Å². The second kappa shape index (κ2) is 4.86. The van der Waals surface area contributed by atoms with Gasteiger partial charge >= 0.3 is 0 Å². The van der Waals surface area contributed by atoms with Crippen molar-refractivity contribution in [2.45, 2.75) is 0 Å². The first-order valence-corrected chi connectivity index (χ1v) is 4.20.